The highest BCUT2D eigenvalue weighted by molar-refractivity contribution is 5.69. The molecule has 0 saturated carbocycles. The van der Waals surface area contributed by atoms with Gasteiger partial charge in [0.25, 0.3) is 0 Å². The van der Waals surface area contributed by atoms with Crippen LogP contribution in [-0.2, 0) is 9.53 Å². The zero-order valence-electron chi connectivity index (χ0n) is 10.9. The van der Waals surface area contributed by atoms with E-state index >= 15 is 0 Å². The van der Waals surface area contributed by atoms with E-state index in [1.54, 1.807) is 7.11 Å². The SMILES string of the molecule is COC(=O)CC(O)CNc1ccc(OC)c(C)c1. The first-order valence-electron chi connectivity index (χ1n) is 5.70. The number of carbonyl (C=O) groups is 1. The maximum absolute atomic E-state index is 10.9. The Labute approximate surface area is 107 Å². The third-order valence-electron chi connectivity index (χ3n) is 2.57. The molecule has 2 N–H and O–H groups in total. The van der Waals surface area contributed by atoms with Crippen molar-refractivity contribution in [2.45, 2.75) is 19.4 Å². The van der Waals surface area contributed by atoms with Crippen LogP contribution in [0.3, 0.4) is 0 Å². The Hall–Kier alpha value is -1.75. The van der Waals surface area contributed by atoms with Crippen molar-refractivity contribution in [2.24, 2.45) is 0 Å². The van der Waals surface area contributed by atoms with Crippen molar-refractivity contribution in [3.63, 3.8) is 0 Å². The molecule has 0 spiro atoms. The van der Waals surface area contributed by atoms with Crippen molar-refractivity contribution in [1.29, 1.82) is 0 Å². The molecule has 0 bridgehead atoms. The highest BCUT2D eigenvalue weighted by atomic mass is 16.5. The van der Waals surface area contributed by atoms with Gasteiger partial charge in [-0.15, -0.1) is 0 Å². The number of esters is 1. The summed E-state index contributed by atoms with van der Waals surface area (Å²) in [6.07, 6.45) is -0.779. The maximum atomic E-state index is 10.9. The van der Waals surface area contributed by atoms with Crippen LogP contribution in [0.1, 0.15) is 12.0 Å². The van der Waals surface area contributed by atoms with Gasteiger partial charge in [-0.1, -0.05) is 0 Å². The van der Waals surface area contributed by atoms with E-state index in [0.29, 0.717) is 6.54 Å². The van der Waals surface area contributed by atoms with Gasteiger partial charge in [-0.2, -0.15) is 0 Å². The number of ether oxygens (including phenoxy) is 2. The van der Waals surface area contributed by atoms with E-state index in [4.69, 9.17) is 4.74 Å². The van der Waals surface area contributed by atoms with Crippen molar-refractivity contribution in [3.8, 4) is 5.75 Å². The fourth-order valence-corrected chi connectivity index (χ4v) is 1.57. The first kappa shape index (κ1) is 14.3. The van der Waals surface area contributed by atoms with E-state index < -0.39 is 12.1 Å². The molecule has 1 atom stereocenters. The largest absolute Gasteiger partial charge is 0.496 e. The van der Waals surface area contributed by atoms with Crippen LogP contribution in [0.15, 0.2) is 18.2 Å². The molecule has 0 aliphatic heterocycles. The molecule has 0 amide bonds. The number of hydrogen-bond donors (Lipinski definition) is 2. The van der Waals surface area contributed by atoms with Gasteiger partial charge in [-0.25, -0.2) is 0 Å². The van der Waals surface area contributed by atoms with E-state index in [1.807, 2.05) is 25.1 Å². The maximum Gasteiger partial charge on any atom is 0.308 e. The smallest absolute Gasteiger partial charge is 0.308 e. The minimum absolute atomic E-state index is 0.0152. The van der Waals surface area contributed by atoms with Crippen LogP contribution in [0, 0.1) is 6.92 Å². The van der Waals surface area contributed by atoms with Crippen molar-refractivity contribution >= 4 is 11.7 Å². The van der Waals surface area contributed by atoms with Gasteiger partial charge in [0.1, 0.15) is 5.75 Å². The van der Waals surface area contributed by atoms with Crippen LogP contribution in [0.25, 0.3) is 0 Å². The van der Waals surface area contributed by atoms with E-state index in [-0.39, 0.29) is 6.42 Å². The predicted molar refractivity (Wildman–Crippen MR) is 68.9 cm³/mol. The monoisotopic (exact) mass is 253 g/mol. The predicted octanol–water partition coefficient (Wildman–Crippen LogP) is 1.34. The molecule has 1 aromatic rings. The van der Waals surface area contributed by atoms with Crippen LogP contribution < -0.4 is 10.1 Å². The fourth-order valence-electron chi connectivity index (χ4n) is 1.57. The number of aryl methyl sites for hydroxylation is 1. The minimum Gasteiger partial charge on any atom is -0.496 e. The molecule has 0 fully saturated rings. The van der Waals surface area contributed by atoms with Gasteiger partial charge < -0.3 is 19.9 Å². The number of anilines is 1. The Morgan fingerprint density at radius 2 is 2.17 bits per heavy atom. The van der Waals surface area contributed by atoms with E-state index in [1.165, 1.54) is 7.11 Å². The van der Waals surface area contributed by atoms with E-state index in [0.717, 1.165) is 17.0 Å². The summed E-state index contributed by atoms with van der Waals surface area (Å²) in [7, 11) is 2.92. The zero-order valence-corrected chi connectivity index (χ0v) is 10.9. The van der Waals surface area contributed by atoms with Crippen molar-refractivity contribution in [1.82, 2.24) is 0 Å². The van der Waals surface area contributed by atoms with Gasteiger partial charge in [-0.3, -0.25) is 4.79 Å². The van der Waals surface area contributed by atoms with Gasteiger partial charge in [0.05, 0.1) is 26.7 Å². The molecule has 1 unspecified atom stereocenters. The third-order valence-corrected chi connectivity index (χ3v) is 2.57. The molecule has 5 heteroatoms. The Morgan fingerprint density at radius 3 is 2.72 bits per heavy atom. The average molecular weight is 253 g/mol. The first-order valence-corrected chi connectivity index (χ1v) is 5.70. The van der Waals surface area contributed by atoms with Crippen molar-refractivity contribution < 1.29 is 19.4 Å². The summed E-state index contributed by atoms with van der Waals surface area (Å²) in [4.78, 5) is 10.9. The lowest BCUT2D eigenvalue weighted by atomic mass is 10.2. The standard InChI is InChI=1S/C13H19NO4/c1-9-6-10(4-5-12(9)17-2)14-8-11(15)7-13(16)18-3/h4-6,11,14-15H,7-8H2,1-3H3. The Kier molecular flexibility index (Phi) is 5.45. The number of methoxy groups -OCH3 is 2. The fraction of sp³-hybridized carbons (Fsp3) is 0.462. The number of carbonyl (C=O) groups excluding carboxylic acids is 1. The van der Waals surface area contributed by atoms with Crippen LogP contribution in [0.5, 0.6) is 5.75 Å². The molecule has 0 saturated heterocycles. The number of nitrogens with one attached hydrogen (secondary N) is 1. The number of aliphatic hydroxyl groups is 1. The highest BCUT2D eigenvalue weighted by Gasteiger charge is 2.10. The van der Waals surface area contributed by atoms with E-state index in [2.05, 4.69) is 10.1 Å². The number of benzene rings is 1. The summed E-state index contributed by atoms with van der Waals surface area (Å²) in [5, 5.41) is 12.6. The first-order chi connectivity index (χ1) is 8.56. The van der Waals surface area contributed by atoms with Crippen molar-refractivity contribution in [2.75, 3.05) is 26.1 Å². The van der Waals surface area contributed by atoms with Gasteiger partial charge >= 0.3 is 5.97 Å². The lowest BCUT2D eigenvalue weighted by molar-refractivity contribution is -0.142. The Bertz CT molecular complexity index is 406. The summed E-state index contributed by atoms with van der Waals surface area (Å²) in [6.45, 7) is 2.23. The topological polar surface area (TPSA) is 67.8 Å². The summed E-state index contributed by atoms with van der Waals surface area (Å²) < 4.78 is 9.63. The van der Waals surface area contributed by atoms with Crippen LogP contribution >= 0.6 is 0 Å². The van der Waals surface area contributed by atoms with Gasteiger partial charge in [0, 0.05) is 12.2 Å². The molecule has 0 radical (unpaired) electrons. The van der Waals surface area contributed by atoms with E-state index in [9.17, 15) is 9.90 Å². The molecular formula is C13H19NO4. The molecule has 0 heterocycles. The zero-order chi connectivity index (χ0) is 13.5. The average Bonchev–Trinajstić information content (AvgIpc) is 2.36. The summed E-state index contributed by atoms with van der Waals surface area (Å²) in [5.74, 6) is 0.394. The number of aliphatic hydroxyl groups excluding tert-OH is 1. The quantitative estimate of drug-likeness (QED) is 0.749. The second kappa shape index (κ2) is 6.86. The molecule has 1 rings (SSSR count). The molecule has 0 aromatic heterocycles. The third kappa shape index (κ3) is 4.25. The van der Waals surface area contributed by atoms with Crippen molar-refractivity contribution in [3.05, 3.63) is 23.8 Å². The van der Waals surface area contributed by atoms with Crippen LogP contribution in [-0.4, -0.2) is 37.9 Å². The second-order valence-electron chi connectivity index (χ2n) is 4.00. The van der Waals surface area contributed by atoms with Crippen LogP contribution in [0.4, 0.5) is 5.69 Å². The Balaban J connectivity index is 2.48. The number of hydrogen-bond acceptors (Lipinski definition) is 5. The highest BCUT2D eigenvalue weighted by Crippen LogP contribution is 2.21. The molecular weight excluding hydrogens is 234 g/mol. The summed E-state index contributed by atoms with van der Waals surface area (Å²) >= 11 is 0. The van der Waals surface area contributed by atoms with Crippen LogP contribution in [0.2, 0.25) is 0 Å². The van der Waals surface area contributed by atoms with Gasteiger partial charge in [0.15, 0.2) is 0 Å². The minimum atomic E-state index is -0.764. The normalized spacial score (nSPS) is 11.8. The van der Waals surface area contributed by atoms with Gasteiger partial charge in [0.2, 0.25) is 0 Å². The molecule has 18 heavy (non-hydrogen) atoms. The second-order valence-corrected chi connectivity index (χ2v) is 4.00. The number of rotatable bonds is 6. The lowest BCUT2D eigenvalue weighted by Crippen LogP contribution is -2.23. The summed E-state index contributed by atoms with van der Waals surface area (Å²) in [6, 6.07) is 5.63. The summed E-state index contributed by atoms with van der Waals surface area (Å²) in [5.41, 5.74) is 1.88. The molecule has 0 aliphatic rings. The molecule has 5 nitrogen and oxygen atoms in total. The molecule has 100 valence electrons. The molecule has 0 aliphatic carbocycles. The van der Waals surface area contributed by atoms with Gasteiger partial charge in [-0.05, 0) is 30.7 Å². The Morgan fingerprint density at radius 1 is 1.44 bits per heavy atom. The lowest BCUT2D eigenvalue weighted by Gasteiger charge is -2.13. The molecule has 1 aromatic carbocycles.